The van der Waals surface area contributed by atoms with E-state index in [0.717, 1.165) is 24.1 Å². The highest BCUT2D eigenvalue weighted by Crippen LogP contribution is 2.35. The van der Waals surface area contributed by atoms with Gasteiger partial charge in [0.1, 0.15) is 17.4 Å². The predicted molar refractivity (Wildman–Crippen MR) is 125 cm³/mol. The van der Waals surface area contributed by atoms with Crippen molar-refractivity contribution >= 4 is 0 Å². The molecule has 1 fully saturated rings. The Morgan fingerprint density at radius 1 is 1.15 bits per heavy atom. The molecule has 0 saturated heterocycles. The number of halogens is 2. The molecule has 0 amide bonds. The molecule has 0 aliphatic heterocycles. The van der Waals surface area contributed by atoms with Gasteiger partial charge in [0.2, 0.25) is 5.88 Å². The average molecular weight is 470 g/mol. The molecule has 180 valence electrons. The zero-order chi connectivity index (χ0) is 24.1. The van der Waals surface area contributed by atoms with Crippen LogP contribution in [0.1, 0.15) is 24.1 Å². The third-order valence-corrected chi connectivity index (χ3v) is 5.65. The van der Waals surface area contributed by atoms with Gasteiger partial charge in [-0.1, -0.05) is 6.08 Å². The normalized spacial score (nSPS) is 14.4. The minimum Gasteiger partial charge on any atom is -0.439 e. The van der Waals surface area contributed by atoms with Crippen molar-refractivity contribution in [3.63, 3.8) is 0 Å². The van der Waals surface area contributed by atoms with Crippen LogP contribution in [0.3, 0.4) is 0 Å². The van der Waals surface area contributed by atoms with Crippen LogP contribution in [0.5, 0.6) is 11.6 Å². The summed E-state index contributed by atoms with van der Waals surface area (Å²) in [6.07, 6.45) is 3.12. The maximum absolute atomic E-state index is 13.5. The van der Waals surface area contributed by atoms with E-state index in [1.165, 1.54) is 24.3 Å². The molecular weight excluding hydrogens is 440 g/mol. The van der Waals surface area contributed by atoms with Gasteiger partial charge >= 0.3 is 0 Å². The first-order valence-electron chi connectivity index (χ1n) is 11.3. The second-order valence-corrected chi connectivity index (χ2v) is 8.45. The molecular formula is C26H29F2N3O3. The Morgan fingerprint density at radius 2 is 1.79 bits per heavy atom. The van der Waals surface area contributed by atoms with E-state index in [4.69, 9.17) is 9.47 Å². The van der Waals surface area contributed by atoms with Crippen LogP contribution in [0.2, 0.25) is 0 Å². The highest BCUT2D eigenvalue weighted by molar-refractivity contribution is 5.43. The Balaban J connectivity index is 1.64. The van der Waals surface area contributed by atoms with Crippen molar-refractivity contribution in [2.45, 2.75) is 38.5 Å². The van der Waals surface area contributed by atoms with Crippen LogP contribution in [0.25, 0.3) is 5.69 Å². The summed E-state index contributed by atoms with van der Waals surface area (Å²) in [6, 6.07) is 12.1. The molecule has 1 N–H and O–H groups in total. The van der Waals surface area contributed by atoms with Gasteiger partial charge in [-0.3, -0.25) is 4.90 Å². The van der Waals surface area contributed by atoms with Crippen molar-refractivity contribution in [1.29, 1.82) is 0 Å². The third kappa shape index (κ3) is 6.08. The maximum atomic E-state index is 13.5. The van der Waals surface area contributed by atoms with Gasteiger partial charge in [0.15, 0.2) is 0 Å². The molecule has 1 atom stereocenters. The lowest BCUT2D eigenvalue weighted by Crippen LogP contribution is -2.36. The fraction of sp³-hybridized carbons (Fsp3) is 0.346. The first kappa shape index (κ1) is 24.1. The molecule has 0 radical (unpaired) electrons. The Labute approximate surface area is 198 Å². The average Bonchev–Trinajstić information content (AvgIpc) is 3.62. The van der Waals surface area contributed by atoms with Crippen molar-refractivity contribution in [3.05, 3.63) is 84.1 Å². The molecule has 0 spiro atoms. The van der Waals surface area contributed by atoms with Crippen LogP contribution in [-0.2, 0) is 11.3 Å². The summed E-state index contributed by atoms with van der Waals surface area (Å²) >= 11 is 0. The molecule has 1 aromatic heterocycles. The molecule has 1 heterocycles. The molecule has 6 nitrogen and oxygen atoms in total. The first-order chi connectivity index (χ1) is 16.4. The fourth-order valence-corrected chi connectivity index (χ4v) is 3.79. The molecule has 1 unspecified atom stereocenters. The molecule has 0 bridgehead atoms. The molecule has 1 saturated carbocycles. The first-order valence-corrected chi connectivity index (χ1v) is 11.3. The lowest BCUT2D eigenvalue weighted by Gasteiger charge is -2.25. The van der Waals surface area contributed by atoms with Gasteiger partial charge in [-0.25, -0.2) is 13.5 Å². The molecule has 4 rings (SSSR count). The molecule has 8 heteroatoms. The second kappa shape index (κ2) is 10.9. The van der Waals surface area contributed by atoms with Gasteiger partial charge in [0.25, 0.3) is 0 Å². The van der Waals surface area contributed by atoms with Gasteiger partial charge in [0.05, 0.1) is 36.3 Å². The second-order valence-electron chi connectivity index (χ2n) is 8.45. The molecule has 2 aromatic carbocycles. The summed E-state index contributed by atoms with van der Waals surface area (Å²) in [5.74, 6) is 0.227. The monoisotopic (exact) mass is 469 g/mol. The van der Waals surface area contributed by atoms with Crippen molar-refractivity contribution in [2.24, 2.45) is 0 Å². The number of benzene rings is 2. The largest absolute Gasteiger partial charge is 0.439 e. The minimum atomic E-state index is -0.644. The van der Waals surface area contributed by atoms with E-state index < -0.39 is 6.10 Å². The predicted octanol–water partition coefficient (Wildman–Crippen LogP) is 4.78. The van der Waals surface area contributed by atoms with E-state index >= 15 is 0 Å². The lowest BCUT2D eigenvalue weighted by atomic mass is 10.2. The van der Waals surface area contributed by atoms with Gasteiger partial charge in [-0.2, -0.15) is 5.10 Å². The van der Waals surface area contributed by atoms with Gasteiger partial charge < -0.3 is 14.6 Å². The highest BCUT2D eigenvalue weighted by Gasteiger charge is 2.32. The molecule has 3 aromatic rings. The topological polar surface area (TPSA) is 59.8 Å². The number of aromatic nitrogens is 2. The zero-order valence-electron chi connectivity index (χ0n) is 19.2. The summed E-state index contributed by atoms with van der Waals surface area (Å²) in [5.41, 5.74) is 2.24. The van der Waals surface area contributed by atoms with Crippen LogP contribution in [0.15, 0.2) is 61.2 Å². The standard InChI is InChI=1S/C26H29F2N3O3/c1-3-14-33-17-23(32)15-30(21-10-11-21)16-25-18(2)29-31(22-8-4-19(27)5-9-22)26(25)34-24-12-6-20(28)7-13-24/h3-9,12-13,21,23,32H,1,10-11,14-17H2,2H3. The number of aliphatic hydroxyl groups excluding tert-OH is 1. The zero-order valence-corrected chi connectivity index (χ0v) is 19.2. The Morgan fingerprint density at radius 3 is 2.41 bits per heavy atom. The van der Waals surface area contributed by atoms with Gasteiger partial charge in [-0.15, -0.1) is 6.58 Å². The Kier molecular flexibility index (Phi) is 7.72. The fourth-order valence-electron chi connectivity index (χ4n) is 3.79. The van der Waals surface area contributed by atoms with E-state index in [9.17, 15) is 13.9 Å². The number of aryl methyl sites for hydroxylation is 1. The van der Waals surface area contributed by atoms with Crippen LogP contribution >= 0.6 is 0 Å². The number of rotatable bonds is 12. The van der Waals surface area contributed by atoms with Crippen molar-refractivity contribution in [1.82, 2.24) is 14.7 Å². The van der Waals surface area contributed by atoms with Gasteiger partial charge in [-0.05, 0) is 68.3 Å². The minimum absolute atomic E-state index is 0.224. The van der Waals surface area contributed by atoms with E-state index in [0.29, 0.717) is 43.1 Å². The van der Waals surface area contributed by atoms with E-state index in [-0.39, 0.29) is 18.2 Å². The third-order valence-electron chi connectivity index (χ3n) is 5.65. The Bertz CT molecular complexity index is 1100. The summed E-state index contributed by atoms with van der Waals surface area (Å²) in [4.78, 5) is 2.21. The van der Waals surface area contributed by atoms with Crippen molar-refractivity contribution < 1.29 is 23.4 Å². The lowest BCUT2D eigenvalue weighted by molar-refractivity contribution is 0.0226. The van der Waals surface area contributed by atoms with Crippen molar-refractivity contribution in [3.8, 4) is 17.3 Å². The summed E-state index contributed by atoms with van der Waals surface area (Å²) in [6.45, 7) is 7.07. The van der Waals surface area contributed by atoms with Gasteiger partial charge in [0, 0.05) is 19.1 Å². The van der Waals surface area contributed by atoms with E-state index in [2.05, 4.69) is 16.6 Å². The van der Waals surface area contributed by atoms with Crippen LogP contribution in [0, 0.1) is 18.6 Å². The highest BCUT2D eigenvalue weighted by atomic mass is 19.1. The Hall–Kier alpha value is -3.07. The number of hydrogen-bond donors (Lipinski definition) is 1. The maximum Gasteiger partial charge on any atom is 0.227 e. The summed E-state index contributed by atoms with van der Waals surface area (Å²) in [5, 5.41) is 15.2. The van der Waals surface area contributed by atoms with Crippen molar-refractivity contribution in [2.75, 3.05) is 19.8 Å². The summed E-state index contributed by atoms with van der Waals surface area (Å²) < 4.78 is 40.2. The number of aliphatic hydroxyl groups is 1. The van der Waals surface area contributed by atoms with Crippen LogP contribution in [-0.4, -0.2) is 51.7 Å². The molecule has 34 heavy (non-hydrogen) atoms. The van der Waals surface area contributed by atoms with E-state index in [1.54, 1.807) is 35.0 Å². The van der Waals surface area contributed by atoms with Crippen LogP contribution < -0.4 is 4.74 Å². The summed E-state index contributed by atoms with van der Waals surface area (Å²) in [7, 11) is 0. The number of nitrogens with zero attached hydrogens (tertiary/aromatic N) is 3. The van der Waals surface area contributed by atoms with E-state index in [1.807, 2.05) is 6.92 Å². The van der Waals surface area contributed by atoms with Crippen LogP contribution in [0.4, 0.5) is 8.78 Å². The number of hydrogen-bond acceptors (Lipinski definition) is 5. The molecule has 1 aliphatic carbocycles. The smallest absolute Gasteiger partial charge is 0.227 e. The number of ether oxygens (including phenoxy) is 2. The molecule has 1 aliphatic rings. The quantitative estimate of drug-likeness (QED) is 0.306. The SMILES string of the molecule is C=CCOCC(O)CN(Cc1c(C)nn(-c2ccc(F)cc2)c1Oc1ccc(F)cc1)C1CC1.